The number of ether oxygens (including phenoxy) is 2. The van der Waals surface area contributed by atoms with Gasteiger partial charge in [0, 0.05) is 84.6 Å². The number of amides is 1. The molecular formula is C46H56N3O17S4+. The van der Waals surface area contributed by atoms with Crippen LogP contribution in [-0.4, -0.2) is 132 Å². The molecule has 1 unspecified atom stereocenters. The molecule has 0 spiro atoms. The van der Waals surface area contributed by atoms with Gasteiger partial charge in [-0.25, -0.2) is 0 Å². The molecule has 0 aromatic heterocycles. The minimum absolute atomic E-state index is 0.00288. The lowest BCUT2D eigenvalue weighted by Crippen LogP contribution is -2.33. The molecule has 2 heterocycles. The highest BCUT2D eigenvalue weighted by molar-refractivity contribution is 7.87. The Hall–Kier alpha value is -5.15. The predicted molar refractivity (Wildman–Crippen MR) is 260 cm³/mol. The van der Waals surface area contributed by atoms with Crippen LogP contribution in [-0.2, 0) is 65.6 Å². The number of fused-ring (bicyclic) bond motifs is 6. The number of nitrogens with zero attached hydrogens (tertiary/aromatic N) is 2. The van der Waals surface area contributed by atoms with Crippen molar-refractivity contribution in [3.63, 3.8) is 0 Å². The molecule has 70 heavy (non-hydrogen) atoms. The van der Waals surface area contributed by atoms with Crippen LogP contribution in [0.3, 0.4) is 0 Å². The third-order valence-corrected chi connectivity index (χ3v) is 16.2. The molecule has 380 valence electrons. The van der Waals surface area contributed by atoms with E-state index in [0.717, 1.165) is 12.1 Å². The average molecular weight is 1050 g/mol. The van der Waals surface area contributed by atoms with Gasteiger partial charge < -0.3 is 24.8 Å². The maximum absolute atomic E-state index is 13.4. The summed E-state index contributed by atoms with van der Waals surface area (Å²) in [6.45, 7) is 6.44. The molecule has 2 aliphatic heterocycles. The predicted octanol–water partition coefficient (Wildman–Crippen LogP) is 5.66. The number of hydrogen-bond donors (Lipinski definition) is 6. The van der Waals surface area contributed by atoms with Crippen LogP contribution in [0.4, 0.5) is 11.4 Å². The van der Waals surface area contributed by atoms with Crippen LogP contribution in [0.2, 0.25) is 0 Å². The minimum Gasteiger partial charge on any atom is -0.481 e. The summed E-state index contributed by atoms with van der Waals surface area (Å²) >= 11 is 0. The second-order valence-corrected chi connectivity index (χ2v) is 23.6. The molecule has 4 aromatic carbocycles. The van der Waals surface area contributed by atoms with Crippen molar-refractivity contribution < 1.29 is 80.6 Å². The van der Waals surface area contributed by atoms with Gasteiger partial charge in [-0.05, 0) is 91.4 Å². The molecule has 0 saturated heterocycles. The number of unbranched alkanes of at least 4 members (excludes halogenated alkanes) is 2. The van der Waals surface area contributed by atoms with Crippen LogP contribution in [0.25, 0.3) is 21.5 Å². The Morgan fingerprint density at radius 2 is 1.37 bits per heavy atom. The normalized spacial score (nSPS) is 17.8. The molecular weight excluding hydrogens is 995 g/mol. The Bertz CT molecular complexity index is 3330. The van der Waals surface area contributed by atoms with E-state index in [0.29, 0.717) is 71.2 Å². The van der Waals surface area contributed by atoms with E-state index in [1.165, 1.54) is 20.3 Å². The first kappa shape index (κ1) is 54.2. The van der Waals surface area contributed by atoms with Crippen molar-refractivity contribution in [2.45, 2.75) is 84.8 Å². The molecule has 2 aliphatic rings. The summed E-state index contributed by atoms with van der Waals surface area (Å²) in [4.78, 5) is 24.7. The Balaban J connectivity index is 1.60. The maximum Gasteiger partial charge on any atom is 0.303 e. The monoisotopic (exact) mass is 1050 g/mol. The zero-order chi connectivity index (χ0) is 51.8. The van der Waals surface area contributed by atoms with Crippen molar-refractivity contribution in [2.24, 2.45) is 0 Å². The van der Waals surface area contributed by atoms with Crippen LogP contribution in [0, 0.1) is 0 Å². The number of carboxylic acid groups (broad SMARTS) is 1. The van der Waals surface area contributed by atoms with Crippen LogP contribution in [0.5, 0.6) is 0 Å². The van der Waals surface area contributed by atoms with E-state index in [1.54, 1.807) is 43.3 Å². The quantitative estimate of drug-likeness (QED) is 0.0314. The van der Waals surface area contributed by atoms with Crippen molar-refractivity contribution in [1.29, 1.82) is 0 Å². The topological polar surface area (TPSA) is 309 Å². The number of benzene rings is 4. The number of allylic oxidation sites excluding steroid dienone is 4. The number of nitrogens with one attached hydrogen (secondary N) is 1. The van der Waals surface area contributed by atoms with E-state index in [1.807, 2.05) is 29.4 Å². The molecule has 0 saturated carbocycles. The van der Waals surface area contributed by atoms with Crippen LogP contribution in [0.1, 0.15) is 80.8 Å². The zero-order valence-corrected chi connectivity index (χ0v) is 42.3. The van der Waals surface area contributed by atoms with Gasteiger partial charge in [0.2, 0.25) is 5.69 Å². The number of anilines is 1. The van der Waals surface area contributed by atoms with Crippen molar-refractivity contribution in [3.05, 3.63) is 89.1 Å². The zero-order valence-electron chi connectivity index (χ0n) is 39.0. The van der Waals surface area contributed by atoms with Crippen molar-refractivity contribution in [3.8, 4) is 0 Å². The molecule has 6 N–H and O–H groups in total. The molecule has 1 atom stereocenters. The second kappa shape index (κ2) is 20.5. The standard InChI is InChI=1S/C46H55N3O17S4/c1-45(2)39(48(20-8-6-7-13-41(50)51)35-16-14-31-33(42(35)45)25-29(26-37(31)69(59,60)61)44(52)47-19-22-65-4)11-9-12-40-46(3,18-10-24-67(53,54)55)43-34-27-30(68(56,57)58)28-38(70(62,63)64)32(34)15-17-36(43)49(40)21-23-66-5/h9,11-12,14-17,25-28H,6-8,10,13,18-24H2,1-5H3,(H5-,47,50,51,52,53,54,55,56,57,58,59,60,61,62,63,64)/p+1. The lowest BCUT2D eigenvalue weighted by atomic mass is 9.74. The van der Waals surface area contributed by atoms with Crippen LogP contribution in [0.15, 0.2) is 87.1 Å². The minimum atomic E-state index is -5.10. The van der Waals surface area contributed by atoms with Gasteiger partial charge in [0.15, 0.2) is 12.3 Å². The lowest BCUT2D eigenvalue weighted by Gasteiger charge is -2.27. The number of carbonyl (C=O) groups is 2. The van der Waals surface area contributed by atoms with E-state index < -0.39 is 83.6 Å². The largest absolute Gasteiger partial charge is 0.481 e. The molecule has 1 amide bonds. The number of aliphatic carboxylic acids is 1. The molecule has 24 heteroatoms. The van der Waals surface area contributed by atoms with E-state index in [2.05, 4.69) is 5.32 Å². The highest BCUT2D eigenvalue weighted by Crippen LogP contribution is 2.52. The fourth-order valence-electron chi connectivity index (χ4n) is 9.72. The van der Waals surface area contributed by atoms with Crippen LogP contribution >= 0.6 is 0 Å². The molecule has 6 rings (SSSR count). The first-order chi connectivity index (χ1) is 32.6. The molecule has 4 aromatic rings. The lowest BCUT2D eigenvalue weighted by molar-refractivity contribution is -0.441. The van der Waals surface area contributed by atoms with Gasteiger partial charge in [-0.3, -0.25) is 27.8 Å². The number of hydrogen-bond acceptors (Lipinski definition) is 13. The number of carbonyl (C=O) groups excluding carboxylic acids is 1. The Kier molecular flexibility index (Phi) is 15.9. The summed E-state index contributed by atoms with van der Waals surface area (Å²) in [5.74, 6) is -2.23. The number of rotatable bonds is 22. The highest BCUT2D eigenvalue weighted by atomic mass is 32.2. The van der Waals surface area contributed by atoms with E-state index >= 15 is 0 Å². The summed E-state index contributed by atoms with van der Waals surface area (Å²) in [7, 11) is -16.6. The summed E-state index contributed by atoms with van der Waals surface area (Å²) < 4.78 is 154. The first-order valence-electron chi connectivity index (χ1n) is 22.0. The smallest absolute Gasteiger partial charge is 0.303 e. The molecule has 20 nitrogen and oxygen atoms in total. The van der Waals surface area contributed by atoms with E-state index in [9.17, 15) is 66.6 Å². The van der Waals surface area contributed by atoms with Crippen molar-refractivity contribution >= 4 is 91.0 Å². The molecule has 0 bridgehead atoms. The summed E-state index contributed by atoms with van der Waals surface area (Å²) in [5, 5.41) is 12.4. The van der Waals surface area contributed by atoms with Gasteiger partial charge in [-0.2, -0.15) is 38.2 Å². The number of methoxy groups -OCH3 is 2. The Morgan fingerprint density at radius 1 is 0.743 bits per heavy atom. The fraction of sp³-hybridized carbons (Fsp3) is 0.413. The molecule has 0 aliphatic carbocycles. The fourth-order valence-corrected chi connectivity index (χ4v) is 12.3. The van der Waals surface area contributed by atoms with Crippen molar-refractivity contribution in [2.75, 3.05) is 57.7 Å². The van der Waals surface area contributed by atoms with E-state index in [-0.39, 0.29) is 67.3 Å². The average Bonchev–Trinajstić information content (AvgIpc) is 3.62. The SMILES string of the molecule is COCCNC(=O)c1cc(S(=O)(=O)O)c2ccc3c(c2c1)C(C)(C)/C(=C\C=C\C1=[N+](CCOC)c2ccc4c(S(=O)(=O)O)cc(S(=O)(=O)O)cc4c2C1(C)CCCS(=O)(=O)O)N3CCCCCC(=O)O. The third kappa shape index (κ3) is 11.3. The number of carboxylic acids is 1. The molecule has 0 fully saturated rings. The highest BCUT2D eigenvalue weighted by Gasteiger charge is 2.49. The van der Waals surface area contributed by atoms with Crippen LogP contribution < -0.4 is 10.2 Å². The van der Waals surface area contributed by atoms with Gasteiger partial charge in [0.1, 0.15) is 16.4 Å². The van der Waals surface area contributed by atoms with Gasteiger partial charge >= 0.3 is 5.97 Å². The Morgan fingerprint density at radius 3 is 1.97 bits per heavy atom. The summed E-state index contributed by atoms with van der Waals surface area (Å²) in [6, 6.07) is 10.5. The first-order valence-corrected chi connectivity index (χ1v) is 27.9. The third-order valence-electron chi connectivity index (χ3n) is 12.8. The van der Waals surface area contributed by atoms with Gasteiger partial charge in [-0.15, -0.1) is 0 Å². The second-order valence-electron chi connectivity index (χ2n) is 17.8. The molecule has 0 radical (unpaired) electrons. The summed E-state index contributed by atoms with van der Waals surface area (Å²) in [5.41, 5.74) is 0.832. The summed E-state index contributed by atoms with van der Waals surface area (Å²) in [6.07, 6.45) is 6.50. The Labute approximate surface area is 406 Å². The van der Waals surface area contributed by atoms with Gasteiger partial charge in [0.05, 0.1) is 22.7 Å². The van der Waals surface area contributed by atoms with Crippen molar-refractivity contribution in [1.82, 2.24) is 5.32 Å². The van der Waals surface area contributed by atoms with E-state index in [4.69, 9.17) is 9.47 Å². The van der Waals surface area contributed by atoms with Gasteiger partial charge in [0.25, 0.3) is 46.4 Å². The maximum atomic E-state index is 13.4. The van der Waals surface area contributed by atoms with Gasteiger partial charge in [-0.1, -0.05) is 32.4 Å².